The first-order valence-electron chi connectivity index (χ1n) is 3.07. The van der Waals surface area contributed by atoms with Crippen molar-refractivity contribution in [1.29, 1.82) is 0 Å². The summed E-state index contributed by atoms with van der Waals surface area (Å²) in [4.78, 5) is 0. The zero-order valence-electron chi connectivity index (χ0n) is 6.23. The molecule has 0 saturated carbocycles. The quantitative estimate of drug-likeness (QED) is 0.273. The monoisotopic (exact) mass is 291 g/mol. The number of hydrogen-bond donors (Lipinski definition) is 2. The second-order valence-electron chi connectivity index (χ2n) is 2.21. The van der Waals surface area contributed by atoms with Gasteiger partial charge in [0.1, 0.15) is 0 Å². The van der Waals surface area contributed by atoms with Crippen molar-refractivity contribution >= 4 is 34.4 Å². The molecule has 0 aromatic heterocycles. The van der Waals surface area contributed by atoms with E-state index < -0.39 is 33.4 Å². The summed E-state index contributed by atoms with van der Waals surface area (Å²) in [5.41, 5.74) is -1.31. The van der Waals surface area contributed by atoms with E-state index in [0.29, 0.717) is 0 Å². The molecule has 0 saturated heterocycles. The maximum absolute atomic E-state index is 12.9. The maximum atomic E-state index is 12.9. The molecule has 0 unspecified atom stereocenters. The number of rotatable bonds is 1. The number of benzene rings is 1. The van der Waals surface area contributed by atoms with Crippen LogP contribution in [-0.4, -0.2) is 5.21 Å². The van der Waals surface area contributed by atoms with Gasteiger partial charge in [0.15, 0.2) is 29.0 Å². The van der Waals surface area contributed by atoms with E-state index in [2.05, 4.69) is 28.7 Å². The largest absolute Gasteiger partial charge is 0.278 e. The average Bonchev–Trinajstić information content (AvgIpc) is 2.11. The van der Waals surface area contributed by atoms with Gasteiger partial charge in [-0.3, -0.25) is 5.21 Å². The summed E-state index contributed by atoms with van der Waals surface area (Å²) in [6.45, 7) is 0. The molecule has 0 fully saturated rings. The highest BCUT2D eigenvalue weighted by atomic mass is 79.9. The molecule has 0 aliphatic carbocycles. The van der Waals surface area contributed by atoms with Gasteiger partial charge in [-0.25, -0.2) is 17.6 Å². The van der Waals surface area contributed by atoms with E-state index in [1.807, 2.05) is 0 Å². The van der Waals surface area contributed by atoms with Crippen molar-refractivity contribution in [3.8, 4) is 0 Å². The number of nitrogens with zero attached hydrogens (tertiary/aromatic N) is 1. The van der Waals surface area contributed by atoms with E-state index in [-0.39, 0.29) is 4.47 Å². The Balaban J connectivity index is 3.60. The summed E-state index contributed by atoms with van der Waals surface area (Å²) < 4.78 is 50.0. The topological polar surface area (TPSA) is 23.5 Å². The van der Waals surface area contributed by atoms with Gasteiger partial charge in [0.25, 0.3) is 0 Å². The van der Waals surface area contributed by atoms with E-state index in [1.165, 1.54) is 0 Å². The van der Waals surface area contributed by atoms with Crippen molar-refractivity contribution in [2.24, 2.45) is 0 Å². The smallest absolute Gasteiger partial charge is 0.189 e. The molecule has 0 aliphatic rings. The molecule has 2 nitrogen and oxygen atoms in total. The molecule has 0 aliphatic heterocycles. The van der Waals surface area contributed by atoms with Crippen LogP contribution < -0.4 is 4.47 Å². The van der Waals surface area contributed by atoms with Crippen molar-refractivity contribution < 1.29 is 22.8 Å². The molecule has 1 aromatic carbocycles. The van der Waals surface area contributed by atoms with Crippen molar-refractivity contribution in [2.75, 3.05) is 4.47 Å². The lowest BCUT2D eigenvalue weighted by Gasteiger charge is -2.12. The molecular weight excluding hydrogens is 290 g/mol. The lowest BCUT2D eigenvalue weighted by Crippen LogP contribution is -2.11. The third kappa shape index (κ3) is 1.69. The van der Waals surface area contributed by atoms with Crippen LogP contribution in [0.5, 0.6) is 0 Å². The van der Waals surface area contributed by atoms with E-state index >= 15 is 0 Å². The van der Waals surface area contributed by atoms with Gasteiger partial charge < -0.3 is 0 Å². The Morgan fingerprint density at radius 2 is 1.36 bits per heavy atom. The standard InChI is InChI=1S/C6H2BrF4NOS/c7-1-2(8)4(10)6(12(13)14)5(11)3(1)9/h13-14H. The molecule has 14 heavy (non-hydrogen) atoms. The van der Waals surface area contributed by atoms with E-state index in [4.69, 9.17) is 5.21 Å². The van der Waals surface area contributed by atoms with Gasteiger partial charge in [-0.2, -0.15) is 4.47 Å². The van der Waals surface area contributed by atoms with Crippen LogP contribution in [0.2, 0.25) is 0 Å². The minimum atomic E-state index is -1.74. The van der Waals surface area contributed by atoms with Crippen molar-refractivity contribution in [2.45, 2.75) is 0 Å². The molecule has 0 radical (unpaired) electrons. The third-order valence-electron chi connectivity index (χ3n) is 1.39. The van der Waals surface area contributed by atoms with Gasteiger partial charge in [-0.15, -0.1) is 0 Å². The molecule has 8 heteroatoms. The van der Waals surface area contributed by atoms with Gasteiger partial charge in [0.05, 0.1) is 4.47 Å². The van der Waals surface area contributed by atoms with Gasteiger partial charge in [0, 0.05) is 0 Å². The summed E-state index contributed by atoms with van der Waals surface area (Å²) >= 11 is 5.43. The lowest BCUT2D eigenvalue weighted by molar-refractivity contribution is 0.317. The molecule has 0 bridgehead atoms. The fourth-order valence-corrected chi connectivity index (χ4v) is 1.29. The fourth-order valence-electron chi connectivity index (χ4n) is 0.769. The second kappa shape index (κ2) is 3.95. The first-order valence-corrected chi connectivity index (χ1v) is 4.26. The van der Waals surface area contributed by atoms with Crippen LogP contribution in [-0.2, 0) is 0 Å². The van der Waals surface area contributed by atoms with Gasteiger partial charge in [-0.05, 0) is 28.7 Å². The number of thiol groups is 1. The molecule has 1 rings (SSSR count). The molecular formula is C6H2BrF4NOS. The molecule has 1 N–H and O–H groups in total. The fraction of sp³-hybridized carbons (Fsp3) is 0. The van der Waals surface area contributed by atoms with Crippen LogP contribution >= 0.6 is 28.7 Å². The van der Waals surface area contributed by atoms with E-state index in [9.17, 15) is 17.6 Å². The Labute approximate surface area is 89.8 Å². The summed E-state index contributed by atoms with van der Waals surface area (Å²) in [6, 6.07) is 0. The first kappa shape index (κ1) is 11.6. The highest BCUT2D eigenvalue weighted by molar-refractivity contribution is 9.10. The SMILES string of the molecule is ON(S)c1c(F)c(F)c(Br)c(F)c1F. The first-order chi connectivity index (χ1) is 6.37. The van der Waals surface area contributed by atoms with Crippen molar-refractivity contribution in [3.63, 3.8) is 0 Å². The Hall–Kier alpha value is -0.470. The molecule has 0 spiro atoms. The van der Waals surface area contributed by atoms with Crippen LogP contribution in [0.25, 0.3) is 0 Å². The molecule has 1 aromatic rings. The summed E-state index contributed by atoms with van der Waals surface area (Å²) in [5.74, 6) is -6.78. The molecule has 0 atom stereocenters. The summed E-state index contributed by atoms with van der Waals surface area (Å²) in [5, 5.41) is 8.59. The Morgan fingerprint density at radius 1 is 1.00 bits per heavy atom. The van der Waals surface area contributed by atoms with Crippen LogP contribution in [0, 0.1) is 23.3 Å². The zero-order valence-corrected chi connectivity index (χ0v) is 8.71. The number of anilines is 1. The minimum Gasteiger partial charge on any atom is -0.278 e. The van der Waals surface area contributed by atoms with E-state index in [1.54, 1.807) is 0 Å². The second-order valence-corrected chi connectivity index (χ2v) is 3.38. The maximum Gasteiger partial charge on any atom is 0.189 e. The minimum absolute atomic E-state index is 0.344. The normalized spacial score (nSPS) is 10.5. The van der Waals surface area contributed by atoms with Crippen LogP contribution in [0.1, 0.15) is 0 Å². The highest BCUT2D eigenvalue weighted by Gasteiger charge is 2.26. The van der Waals surface area contributed by atoms with E-state index in [0.717, 1.165) is 0 Å². The molecule has 0 amide bonds. The predicted molar refractivity (Wildman–Crippen MR) is 47.2 cm³/mol. The molecule has 78 valence electrons. The number of hydrogen-bond acceptors (Lipinski definition) is 3. The Kier molecular flexibility index (Phi) is 3.28. The van der Waals surface area contributed by atoms with Gasteiger partial charge >= 0.3 is 0 Å². The van der Waals surface area contributed by atoms with Crippen LogP contribution in [0.3, 0.4) is 0 Å². The third-order valence-corrected chi connectivity index (χ3v) is 2.28. The van der Waals surface area contributed by atoms with Crippen LogP contribution in [0.4, 0.5) is 23.2 Å². The average molecular weight is 292 g/mol. The summed E-state index contributed by atoms with van der Waals surface area (Å²) in [6.07, 6.45) is 0. The lowest BCUT2D eigenvalue weighted by atomic mass is 10.2. The molecule has 0 heterocycles. The van der Waals surface area contributed by atoms with Gasteiger partial charge in [-0.1, -0.05) is 0 Å². The zero-order chi connectivity index (χ0) is 11.0. The Bertz CT molecular complexity index is 358. The predicted octanol–water partition coefficient (Wildman–Crippen LogP) is 3.05. The highest BCUT2D eigenvalue weighted by Crippen LogP contribution is 2.33. The number of halogens is 5. The van der Waals surface area contributed by atoms with Crippen molar-refractivity contribution in [1.82, 2.24) is 0 Å². The van der Waals surface area contributed by atoms with Crippen LogP contribution in [0.15, 0.2) is 4.47 Å². The van der Waals surface area contributed by atoms with Gasteiger partial charge in [0.2, 0.25) is 0 Å². The summed E-state index contributed by atoms with van der Waals surface area (Å²) in [7, 11) is 0. The Morgan fingerprint density at radius 3 is 1.64 bits per heavy atom. The van der Waals surface area contributed by atoms with Crippen molar-refractivity contribution in [3.05, 3.63) is 27.7 Å².